The van der Waals surface area contributed by atoms with E-state index in [1.807, 2.05) is 29.2 Å². The summed E-state index contributed by atoms with van der Waals surface area (Å²) >= 11 is 6.39. The SMILES string of the molecule is COc1cc([C@@H]2CN(C(=O)c3ccccc3Cl)C[C@@H]2C(=O)N2CCN(c3ccccc3C)CC2)cc(OC)c1OC. The Kier molecular flexibility index (Phi) is 8.59. The zero-order valence-corrected chi connectivity index (χ0v) is 24.7. The van der Waals surface area contributed by atoms with Crippen molar-refractivity contribution in [1.82, 2.24) is 9.80 Å². The minimum Gasteiger partial charge on any atom is -0.493 e. The van der Waals surface area contributed by atoms with Gasteiger partial charge in [0.1, 0.15) is 0 Å². The van der Waals surface area contributed by atoms with Crippen LogP contribution >= 0.6 is 11.6 Å². The van der Waals surface area contributed by atoms with Crippen LogP contribution in [-0.4, -0.2) is 82.2 Å². The summed E-state index contributed by atoms with van der Waals surface area (Å²) in [6.07, 6.45) is 0. The summed E-state index contributed by atoms with van der Waals surface area (Å²) in [6.45, 7) is 5.50. The van der Waals surface area contributed by atoms with Gasteiger partial charge in [0, 0.05) is 50.9 Å². The first-order valence-corrected chi connectivity index (χ1v) is 14.2. The molecule has 2 heterocycles. The van der Waals surface area contributed by atoms with Crippen molar-refractivity contribution < 1.29 is 23.8 Å². The normalized spacial score (nSPS) is 18.8. The molecule has 2 aliphatic rings. The Morgan fingerprint density at radius 1 is 0.805 bits per heavy atom. The first kappa shape index (κ1) is 28.6. The summed E-state index contributed by atoms with van der Waals surface area (Å²) in [6, 6.07) is 19.1. The van der Waals surface area contributed by atoms with E-state index >= 15 is 0 Å². The van der Waals surface area contributed by atoms with Crippen LogP contribution in [0.2, 0.25) is 5.02 Å². The number of carbonyl (C=O) groups is 2. The van der Waals surface area contributed by atoms with Crippen molar-refractivity contribution in [3.05, 3.63) is 82.4 Å². The van der Waals surface area contributed by atoms with Crippen molar-refractivity contribution >= 4 is 29.1 Å². The highest BCUT2D eigenvalue weighted by molar-refractivity contribution is 6.33. The maximum absolute atomic E-state index is 14.2. The fourth-order valence-corrected chi connectivity index (χ4v) is 6.22. The predicted octanol–water partition coefficient (Wildman–Crippen LogP) is 4.88. The Morgan fingerprint density at radius 3 is 2.05 bits per heavy atom. The predicted molar refractivity (Wildman–Crippen MR) is 160 cm³/mol. The molecule has 0 unspecified atom stereocenters. The van der Waals surface area contributed by atoms with E-state index in [-0.39, 0.29) is 17.7 Å². The van der Waals surface area contributed by atoms with Gasteiger partial charge < -0.3 is 28.9 Å². The van der Waals surface area contributed by atoms with Gasteiger partial charge in [-0.15, -0.1) is 0 Å². The second-order valence-electron chi connectivity index (χ2n) is 10.5. The lowest BCUT2D eigenvalue weighted by Crippen LogP contribution is -2.51. The number of likely N-dealkylation sites (tertiary alicyclic amines) is 1. The summed E-state index contributed by atoms with van der Waals surface area (Å²) in [5, 5.41) is 0.393. The molecule has 2 aliphatic heterocycles. The van der Waals surface area contributed by atoms with Crippen LogP contribution in [-0.2, 0) is 4.79 Å². The topological polar surface area (TPSA) is 71.6 Å². The lowest BCUT2D eigenvalue weighted by atomic mass is 9.87. The number of hydrogen-bond acceptors (Lipinski definition) is 6. The monoisotopic (exact) mass is 577 g/mol. The molecule has 0 bridgehead atoms. The number of nitrogens with zero attached hydrogens (tertiary/aromatic N) is 3. The number of carbonyl (C=O) groups excluding carboxylic acids is 2. The highest BCUT2D eigenvalue weighted by Gasteiger charge is 2.43. The van der Waals surface area contributed by atoms with E-state index in [1.54, 1.807) is 50.5 Å². The maximum Gasteiger partial charge on any atom is 0.255 e. The van der Waals surface area contributed by atoms with E-state index in [0.29, 0.717) is 54.0 Å². The number of benzene rings is 3. The molecule has 3 aromatic carbocycles. The van der Waals surface area contributed by atoms with Gasteiger partial charge in [0.2, 0.25) is 11.7 Å². The lowest BCUT2D eigenvalue weighted by molar-refractivity contribution is -0.135. The van der Waals surface area contributed by atoms with Crippen LogP contribution < -0.4 is 19.1 Å². The molecule has 3 aromatic rings. The number of rotatable bonds is 7. The summed E-state index contributed by atoms with van der Waals surface area (Å²) < 4.78 is 16.7. The molecule has 0 aromatic heterocycles. The molecule has 216 valence electrons. The van der Waals surface area contributed by atoms with E-state index in [4.69, 9.17) is 25.8 Å². The van der Waals surface area contributed by atoms with Crippen molar-refractivity contribution in [3.8, 4) is 17.2 Å². The van der Waals surface area contributed by atoms with Gasteiger partial charge in [0.25, 0.3) is 5.91 Å². The van der Waals surface area contributed by atoms with Crippen molar-refractivity contribution in [1.29, 1.82) is 0 Å². The number of hydrogen-bond donors (Lipinski definition) is 0. The van der Waals surface area contributed by atoms with E-state index < -0.39 is 5.92 Å². The molecule has 5 rings (SSSR count). The van der Waals surface area contributed by atoms with Crippen molar-refractivity contribution in [2.24, 2.45) is 5.92 Å². The van der Waals surface area contributed by atoms with Gasteiger partial charge in [-0.2, -0.15) is 0 Å². The average molecular weight is 578 g/mol. The highest BCUT2D eigenvalue weighted by atomic mass is 35.5. The zero-order valence-electron chi connectivity index (χ0n) is 23.9. The number of ether oxygens (including phenoxy) is 3. The fourth-order valence-electron chi connectivity index (χ4n) is 6.00. The van der Waals surface area contributed by atoms with Gasteiger partial charge in [-0.25, -0.2) is 0 Å². The second kappa shape index (κ2) is 12.3. The van der Waals surface area contributed by atoms with Crippen LogP contribution in [0.15, 0.2) is 60.7 Å². The standard InChI is InChI=1S/C32H36ClN3O5/c1-21-9-5-8-12-27(21)34-13-15-35(16-14-34)32(38)25-20-36(31(37)23-10-6-7-11-26(23)33)19-24(25)22-17-28(39-2)30(41-4)29(18-22)40-3/h5-12,17-18,24-25H,13-16,19-20H2,1-4H3/t24-,25-/m0/s1. The van der Waals surface area contributed by atoms with Crippen LogP contribution in [0.5, 0.6) is 17.2 Å². The largest absolute Gasteiger partial charge is 0.493 e. The van der Waals surface area contributed by atoms with Crippen molar-refractivity contribution in [3.63, 3.8) is 0 Å². The van der Waals surface area contributed by atoms with E-state index in [2.05, 4.69) is 24.0 Å². The van der Waals surface area contributed by atoms with E-state index in [0.717, 1.165) is 18.7 Å². The smallest absolute Gasteiger partial charge is 0.255 e. The maximum atomic E-state index is 14.2. The average Bonchev–Trinajstić information content (AvgIpc) is 3.46. The zero-order chi connectivity index (χ0) is 29.1. The van der Waals surface area contributed by atoms with Crippen molar-refractivity contribution in [2.45, 2.75) is 12.8 Å². The van der Waals surface area contributed by atoms with Gasteiger partial charge in [-0.05, 0) is 48.4 Å². The summed E-state index contributed by atoms with van der Waals surface area (Å²) in [5.41, 5.74) is 3.70. The van der Waals surface area contributed by atoms with Gasteiger partial charge in [0.15, 0.2) is 11.5 Å². The number of amides is 2. The van der Waals surface area contributed by atoms with Gasteiger partial charge >= 0.3 is 0 Å². The van der Waals surface area contributed by atoms with Crippen LogP contribution in [0, 0.1) is 12.8 Å². The molecular weight excluding hydrogens is 542 g/mol. The minimum atomic E-state index is -0.436. The Balaban J connectivity index is 1.43. The molecule has 0 spiro atoms. The molecule has 2 saturated heterocycles. The number of para-hydroxylation sites is 1. The molecule has 0 N–H and O–H groups in total. The molecule has 2 amide bonds. The van der Waals surface area contributed by atoms with E-state index in [9.17, 15) is 9.59 Å². The minimum absolute atomic E-state index is 0.0441. The Morgan fingerprint density at radius 2 is 1.44 bits per heavy atom. The summed E-state index contributed by atoms with van der Waals surface area (Å²) in [4.78, 5) is 33.8. The Bertz CT molecular complexity index is 1400. The second-order valence-corrected chi connectivity index (χ2v) is 10.9. The Labute approximate surface area is 246 Å². The van der Waals surface area contributed by atoms with Gasteiger partial charge in [-0.1, -0.05) is 41.9 Å². The molecule has 0 radical (unpaired) electrons. The third kappa shape index (κ3) is 5.66. The molecule has 0 aliphatic carbocycles. The third-order valence-electron chi connectivity index (χ3n) is 8.19. The number of anilines is 1. The molecule has 41 heavy (non-hydrogen) atoms. The quantitative estimate of drug-likeness (QED) is 0.399. The van der Waals surface area contributed by atoms with Crippen LogP contribution in [0.3, 0.4) is 0 Å². The van der Waals surface area contributed by atoms with Crippen LogP contribution in [0.25, 0.3) is 0 Å². The van der Waals surface area contributed by atoms with Crippen molar-refractivity contribution in [2.75, 3.05) is 65.5 Å². The Hall–Kier alpha value is -3.91. The third-order valence-corrected chi connectivity index (χ3v) is 8.52. The molecule has 2 fully saturated rings. The molecule has 2 atom stereocenters. The lowest BCUT2D eigenvalue weighted by Gasteiger charge is -2.38. The number of methoxy groups -OCH3 is 3. The number of halogens is 1. The summed E-state index contributed by atoms with van der Waals surface area (Å²) in [7, 11) is 4.70. The van der Waals surface area contributed by atoms with E-state index in [1.165, 1.54) is 11.3 Å². The molecular formula is C32H36ClN3O5. The first-order chi connectivity index (χ1) is 19.9. The van der Waals surface area contributed by atoms with Crippen LogP contribution in [0.4, 0.5) is 5.69 Å². The number of piperazine rings is 1. The van der Waals surface area contributed by atoms with Gasteiger partial charge in [-0.3, -0.25) is 9.59 Å². The van der Waals surface area contributed by atoms with Crippen LogP contribution in [0.1, 0.15) is 27.4 Å². The molecule has 9 heteroatoms. The molecule has 8 nitrogen and oxygen atoms in total. The highest BCUT2D eigenvalue weighted by Crippen LogP contribution is 2.44. The fraction of sp³-hybridized carbons (Fsp3) is 0.375. The first-order valence-electron chi connectivity index (χ1n) is 13.8. The summed E-state index contributed by atoms with van der Waals surface area (Å²) in [5.74, 6) is 0.657. The van der Waals surface area contributed by atoms with Gasteiger partial charge in [0.05, 0.1) is 37.8 Å². The molecule has 0 saturated carbocycles. The number of aryl methyl sites for hydroxylation is 1.